The van der Waals surface area contributed by atoms with Crippen LogP contribution in [0.3, 0.4) is 0 Å². The van der Waals surface area contributed by atoms with Gasteiger partial charge in [0.15, 0.2) is 0 Å². The molecule has 100 valence electrons. The number of hydrogen-bond donors (Lipinski definition) is 2. The number of nitrogens with one attached hydrogen (secondary N) is 1. The predicted molar refractivity (Wildman–Crippen MR) is 75.0 cm³/mol. The molecule has 0 aromatic carbocycles. The van der Waals surface area contributed by atoms with Gasteiger partial charge in [-0.2, -0.15) is 0 Å². The Morgan fingerprint density at radius 2 is 1.94 bits per heavy atom. The highest BCUT2D eigenvalue weighted by Crippen LogP contribution is 2.65. The van der Waals surface area contributed by atoms with Gasteiger partial charge < -0.3 is 11.1 Å². The molecule has 0 heterocycles. The van der Waals surface area contributed by atoms with Crippen LogP contribution in [0.1, 0.15) is 45.4 Å². The summed E-state index contributed by atoms with van der Waals surface area (Å²) in [4.78, 5) is 12.9. The zero-order chi connectivity index (χ0) is 13.0. The Bertz CT molecular complexity index is 393. The molecule has 18 heavy (non-hydrogen) atoms. The Kier molecular flexibility index (Phi) is 2.70. The zero-order valence-electron chi connectivity index (χ0n) is 11.0. The van der Waals surface area contributed by atoms with E-state index in [1.54, 1.807) is 0 Å². The van der Waals surface area contributed by atoms with Gasteiger partial charge in [-0.15, -0.1) is 0 Å². The summed E-state index contributed by atoms with van der Waals surface area (Å²) in [5.74, 6) is 1.74. The van der Waals surface area contributed by atoms with Crippen molar-refractivity contribution in [2.75, 3.05) is 6.54 Å². The highest BCUT2D eigenvalue weighted by molar-refractivity contribution is 7.80. The maximum Gasteiger partial charge on any atom is 0.226 e. The Labute approximate surface area is 114 Å². The minimum absolute atomic E-state index is 0.108. The van der Waals surface area contributed by atoms with Gasteiger partial charge >= 0.3 is 0 Å². The molecule has 0 radical (unpaired) electrons. The first-order valence-corrected chi connectivity index (χ1v) is 7.38. The monoisotopic (exact) mass is 266 g/mol. The lowest BCUT2D eigenvalue weighted by Gasteiger charge is -2.60. The second kappa shape index (κ2) is 3.92. The fourth-order valence-corrected chi connectivity index (χ4v) is 5.41. The minimum atomic E-state index is -0.108. The molecule has 2 unspecified atom stereocenters. The highest BCUT2D eigenvalue weighted by atomic mass is 32.1. The molecular formula is C14H22N2OS. The predicted octanol–water partition coefficient (Wildman–Crippen LogP) is 2.00. The number of carbonyl (C=O) groups excluding carboxylic acids is 1. The molecule has 0 aliphatic heterocycles. The second-order valence-corrected chi connectivity index (χ2v) is 7.73. The van der Waals surface area contributed by atoms with Gasteiger partial charge in [0.05, 0.1) is 16.9 Å². The maximum atomic E-state index is 12.5. The van der Waals surface area contributed by atoms with Crippen LogP contribution in [0.4, 0.5) is 0 Å². The number of carbonyl (C=O) groups is 1. The number of thiocarbonyl (C=S) groups is 1. The van der Waals surface area contributed by atoms with E-state index >= 15 is 0 Å². The van der Waals surface area contributed by atoms with Crippen LogP contribution in [0, 0.1) is 22.7 Å². The summed E-state index contributed by atoms with van der Waals surface area (Å²) >= 11 is 4.84. The molecule has 4 saturated carbocycles. The smallest absolute Gasteiger partial charge is 0.226 e. The summed E-state index contributed by atoms with van der Waals surface area (Å²) < 4.78 is 0. The van der Waals surface area contributed by atoms with E-state index in [2.05, 4.69) is 12.2 Å². The fourth-order valence-electron chi connectivity index (χ4n) is 5.34. The van der Waals surface area contributed by atoms with E-state index in [9.17, 15) is 4.79 Å². The first-order chi connectivity index (χ1) is 8.41. The van der Waals surface area contributed by atoms with Crippen LogP contribution in [0.2, 0.25) is 0 Å². The van der Waals surface area contributed by atoms with Gasteiger partial charge in [-0.05, 0) is 55.8 Å². The molecule has 4 bridgehead atoms. The molecular weight excluding hydrogens is 244 g/mol. The zero-order valence-corrected chi connectivity index (χ0v) is 11.8. The third-order valence-corrected chi connectivity index (χ3v) is 5.40. The number of hydrogen-bond acceptors (Lipinski definition) is 2. The van der Waals surface area contributed by atoms with Crippen LogP contribution in [0.25, 0.3) is 0 Å². The van der Waals surface area contributed by atoms with E-state index in [4.69, 9.17) is 18.0 Å². The molecule has 0 spiro atoms. The van der Waals surface area contributed by atoms with Crippen molar-refractivity contribution in [1.82, 2.24) is 5.32 Å². The van der Waals surface area contributed by atoms with E-state index in [-0.39, 0.29) is 11.3 Å². The molecule has 1 amide bonds. The Morgan fingerprint density at radius 1 is 1.33 bits per heavy atom. The van der Waals surface area contributed by atoms with E-state index in [1.165, 1.54) is 19.3 Å². The van der Waals surface area contributed by atoms with Crippen LogP contribution in [0.5, 0.6) is 0 Å². The topological polar surface area (TPSA) is 55.1 Å². The number of amides is 1. The molecule has 0 aromatic heterocycles. The van der Waals surface area contributed by atoms with Crippen LogP contribution in [-0.4, -0.2) is 17.4 Å². The molecule has 3 nitrogen and oxygen atoms in total. The van der Waals surface area contributed by atoms with Crippen molar-refractivity contribution in [2.45, 2.75) is 45.4 Å². The molecule has 4 heteroatoms. The van der Waals surface area contributed by atoms with Crippen LogP contribution in [0.15, 0.2) is 0 Å². The van der Waals surface area contributed by atoms with E-state index in [0.29, 0.717) is 16.9 Å². The minimum Gasteiger partial charge on any atom is -0.392 e. The van der Waals surface area contributed by atoms with Gasteiger partial charge in [0.1, 0.15) is 0 Å². The summed E-state index contributed by atoms with van der Waals surface area (Å²) in [5, 5.41) is 2.95. The lowest BCUT2D eigenvalue weighted by atomic mass is 9.44. The second-order valence-electron chi connectivity index (χ2n) is 7.20. The fraction of sp³-hybridized carbons (Fsp3) is 0.857. The van der Waals surface area contributed by atoms with E-state index in [0.717, 1.165) is 31.1 Å². The Morgan fingerprint density at radius 3 is 2.44 bits per heavy atom. The molecule has 4 rings (SSSR count). The third kappa shape index (κ3) is 1.94. The SMILES string of the molecule is CC12CC3CC(C1)CC(C(=O)NCC(N)=S)(C3)C2. The average Bonchev–Trinajstić information content (AvgIpc) is 2.22. The van der Waals surface area contributed by atoms with Crippen LogP contribution in [-0.2, 0) is 4.79 Å². The van der Waals surface area contributed by atoms with Crippen molar-refractivity contribution in [1.29, 1.82) is 0 Å². The maximum absolute atomic E-state index is 12.5. The van der Waals surface area contributed by atoms with Crippen molar-refractivity contribution in [3.8, 4) is 0 Å². The summed E-state index contributed by atoms with van der Waals surface area (Å²) in [7, 11) is 0. The lowest BCUT2D eigenvalue weighted by molar-refractivity contribution is -0.154. The Balaban J connectivity index is 1.78. The standard InChI is InChI=1S/C14H22N2OS/c1-13-3-9-2-10(4-13)6-14(5-9,8-13)12(17)16-7-11(15)18/h9-10H,2-8H2,1H3,(H2,15,18)(H,16,17). The van der Waals surface area contributed by atoms with Gasteiger partial charge in [0.25, 0.3) is 0 Å². The third-order valence-electron chi connectivity index (χ3n) is 5.26. The van der Waals surface area contributed by atoms with Gasteiger partial charge in [-0.1, -0.05) is 19.1 Å². The summed E-state index contributed by atoms with van der Waals surface area (Å²) in [6.07, 6.45) is 7.24. The normalized spacial score (nSPS) is 44.9. The molecule has 0 aromatic rings. The van der Waals surface area contributed by atoms with Crippen molar-refractivity contribution >= 4 is 23.1 Å². The van der Waals surface area contributed by atoms with Crippen molar-refractivity contribution in [3.05, 3.63) is 0 Å². The number of nitrogens with two attached hydrogens (primary N) is 1. The average molecular weight is 266 g/mol. The summed E-state index contributed by atoms with van der Waals surface area (Å²) in [6.45, 7) is 2.72. The number of rotatable bonds is 3. The Hall–Kier alpha value is -0.640. The van der Waals surface area contributed by atoms with Crippen LogP contribution >= 0.6 is 12.2 Å². The quantitative estimate of drug-likeness (QED) is 0.768. The van der Waals surface area contributed by atoms with E-state index in [1.807, 2.05) is 0 Å². The first-order valence-electron chi connectivity index (χ1n) is 6.97. The van der Waals surface area contributed by atoms with Crippen molar-refractivity contribution in [3.63, 3.8) is 0 Å². The largest absolute Gasteiger partial charge is 0.392 e. The summed E-state index contributed by atoms with van der Waals surface area (Å²) in [6, 6.07) is 0. The van der Waals surface area contributed by atoms with Gasteiger partial charge in [-0.25, -0.2) is 0 Å². The molecule has 2 atom stereocenters. The summed E-state index contributed by atoms with van der Waals surface area (Å²) in [5.41, 5.74) is 5.77. The highest BCUT2D eigenvalue weighted by Gasteiger charge is 2.58. The van der Waals surface area contributed by atoms with Gasteiger partial charge in [0.2, 0.25) is 5.91 Å². The lowest BCUT2D eigenvalue weighted by Crippen LogP contribution is -2.57. The molecule has 4 fully saturated rings. The molecule has 4 aliphatic carbocycles. The van der Waals surface area contributed by atoms with Gasteiger partial charge in [-0.3, -0.25) is 4.79 Å². The molecule has 3 N–H and O–H groups in total. The molecule has 4 aliphatic rings. The van der Waals surface area contributed by atoms with Crippen LogP contribution < -0.4 is 11.1 Å². The van der Waals surface area contributed by atoms with Crippen molar-refractivity contribution < 1.29 is 4.79 Å². The van der Waals surface area contributed by atoms with Gasteiger partial charge in [0, 0.05) is 0 Å². The molecule has 0 saturated heterocycles. The van der Waals surface area contributed by atoms with Crippen molar-refractivity contribution in [2.24, 2.45) is 28.4 Å². The first kappa shape index (κ1) is 12.4. The van der Waals surface area contributed by atoms with E-state index < -0.39 is 0 Å².